The van der Waals surface area contributed by atoms with Gasteiger partial charge >= 0.3 is 0 Å². The third-order valence-electron chi connectivity index (χ3n) is 7.69. The Kier molecular flexibility index (Phi) is 7.76. The number of aromatic nitrogens is 3. The summed E-state index contributed by atoms with van der Waals surface area (Å²) in [7, 11) is 4.73. The van der Waals surface area contributed by atoms with E-state index in [0.29, 0.717) is 56.4 Å². The maximum Gasteiger partial charge on any atom is 0.218 e. The summed E-state index contributed by atoms with van der Waals surface area (Å²) in [6, 6.07) is 26.8. The molecule has 0 aliphatic rings. The molecule has 216 valence electrons. The van der Waals surface area contributed by atoms with Gasteiger partial charge in [0.2, 0.25) is 5.88 Å². The van der Waals surface area contributed by atoms with Gasteiger partial charge in [-0.15, -0.1) is 0 Å². The number of hydrogen-bond acceptors (Lipinski definition) is 6. The van der Waals surface area contributed by atoms with Crippen molar-refractivity contribution in [3.05, 3.63) is 143 Å². The SMILES string of the molecule is COc1ccc(C(O)(c2cccnc2)c2ccc3nc(OC)c(Cc4ccc(-n5cccc5)cc4)c(Cl)c3c2)cc1OC. The second-order valence-corrected chi connectivity index (χ2v) is 10.5. The van der Waals surface area contributed by atoms with Crippen molar-refractivity contribution in [2.24, 2.45) is 0 Å². The number of fused-ring (bicyclic) bond motifs is 1. The number of methoxy groups -OCH3 is 3. The van der Waals surface area contributed by atoms with Gasteiger partial charge in [0.1, 0.15) is 5.60 Å². The van der Waals surface area contributed by atoms with Crippen molar-refractivity contribution in [1.29, 1.82) is 0 Å². The van der Waals surface area contributed by atoms with Crippen molar-refractivity contribution in [3.63, 3.8) is 0 Å². The number of aliphatic hydroxyl groups is 1. The predicted octanol–water partition coefficient (Wildman–Crippen LogP) is 6.97. The molecule has 6 rings (SSSR count). The van der Waals surface area contributed by atoms with Crippen LogP contribution in [0.2, 0.25) is 5.02 Å². The Hall–Kier alpha value is -4.85. The molecule has 0 amide bonds. The number of nitrogens with zero attached hydrogens (tertiary/aromatic N) is 3. The molecule has 0 radical (unpaired) electrons. The second-order valence-electron chi connectivity index (χ2n) is 10.1. The molecule has 1 unspecified atom stereocenters. The lowest BCUT2D eigenvalue weighted by Crippen LogP contribution is -2.29. The van der Waals surface area contributed by atoms with Crippen LogP contribution in [0.25, 0.3) is 16.6 Å². The summed E-state index contributed by atoms with van der Waals surface area (Å²) in [5, 5.41) is 13.8. The van der Waals surface area contributed by atoms with Crippen molar-refractivity contribution in [1.82, 2.24) is 14.5 Å². The van der Waals surface area contributed by atoms with E-state index < -0.39 is 5.60 Å². The van der Waals surface area contributed by atoms with Crippen LogP contribution in [0.4, 0.5) is 0 Å². The van der Waals surface area contributed by atoms with E-state index in [1.54, 1.807) is 51.9 Å². The van der Waals surface area contributed by atoms with Gasteiger partial charge < -0.3 is 23.9 Å². The lowest BCUT2D eigenvalue weighted by Gasteiger charge is -2.30. The highest BCUT2D eigenvalue weighted by Crippen LogP contribution is 2.42. The monoisotopic (exact) mass is 591 g/mol. The minimum atomic E-state index is -1.58. The molecule has 43 heavy (non-hydrogen) atoms. The molecule has 0 aliphatic carbocycles. The summed E-state index contributed by atoms with van der Waals surface area (Å²) in [6.45, 7) is 0. The predicted molar refractivity (Wildman–Crippen MR) is 168 cm³/mol. The molecule has 7 nitrogen and oxygen atoms in total. The van der Waals surface area contributed by atoms with Crippen LogP contribution in [0.1, 0.15) is 27.8 Å². The number of halogens is 1. The second kappa shape index (κ2) is 11.8. The molecule has 1 atom stereocenters. The standard InChI is InChI=1S/C35H30ClN3O4/c1-41-31-15-11-25(21-32(31)42-2)35(40,26-7-6-16-37-22-26)24-10-14-30-28(20-24)33(36)29(34(38-30)43-3)19-23-8-12-27(13-9-23)39-17-4-5-18-39/h4-18,20-22,40H,19H2,1-3H3. The molecule has 0 saturated heterocycles. The number of pyridine rings is 2. The van der Waals surface area contributed by atoms with Crippen molar-refractivity contribution in [3.8, 4) is 23.1 Å². The normalized spacial score (nSPS) is 12.6. The van der Waals surface area contributed by atoms with E-state index in [0.717, 1.165) is 16.8 Å². The van der Waals surface area contributed by atoms with Gasteiger partial charge in [0.15, 0.2) is 11.5 Å². The van der Waals surface area contributed by atoms with E-state index in [1.165, 1.54) is 0 Å². The zero-order chi connectivity index (χ0) is 30.0. The molecule has 0 fully saturated rings. The molecule has 1 N–H and O–H groups in total. The van der Waals surface area contributed by atoms with Crippen molar-refractivity contribution >= 4 is 22.5 Å². The van der Waals surface area contributed by atoms with Crippen LogP contribution in [0, 0.1) is 0 Å². The topological polar surface area (TPSA) is 78.6 Å². The van der Waals surface area contributed by atoms with Gasteiger partial charge in [0, 0.05) is 53.4 Å². The molecule has 6 aromatic rings. The van der Waals surface area contributed by atoms with Crippen molar-refractivity contribution < 1.29 is 19.3 Å². The first-order valence-electron chi connectivity index (χ1n) is 13.7. The first-order chi connectivity index (χ1) is 21.0. The van der Waals surface area contributed by atoms with Gasteiger partial charge in [-0.05, 0) is 71.3 Å². The summed E-state index contributed by atoms with van der Waals surface area (Å²) < 4.78 is 18.7. The number of ether oxygens (including phenoxy) is 3. The zero-order valence-corrected chi connectivity index (χ0v) is 24.7. The highest BCUT2D eigenvalue weighted by atomic mass is 35.5. The molecule has 3 aromatic heterocycles. The van der Waals surface area contributed by atoms with Gasteiger partial charge in [0.25, 0.3) is 0 Å². The van der Waals surface area contributed by atoms with E-state index in [2.05, 4.69) is 33.8 Å². The molecular formula is C35H30ClN3O4. The number of rotatable bonds is 9. The lowest BCUT2D eigenvalue weighted by atomic mass is 9.80. The highest BCUT2D eigenvalue weighted by molar-refractivity contribution is 6.36. The van der Waals surface area contributed by atoms with Gasteiger partial charge in [-0.3, -0.25) is 4.98 Å². The van der Waals surface area contributed by atoms with Crippen LogP contribution in [0.3, 0.4) is 0 Å². The number of hydrogen-bond donors (Lipinski definition) is 1. The first kappa shape index (κ1) is 28.3. The Morgan fingerprint density at radius 3 is 2.19 bits per heavy atom. The molecule has 0 saturated carbocycles. The smallest absolute Gasteiger partial charge is 0.218 e. The summed E-state index contributed by atoms with van der Waals surface area (Å²) in [5.41, 5.74) is 3.72. The molecule has 8 heteroatoms. The quantitative estimate of drug-likeness (QED) is 0.195. The highest BCUT2D eigenvalue weighted by Gasteiger charge is 2.35. The zero-order valence-electron chi connectivity index (χ0n) is 24.0. The van der Waals surface area contributed by atoms with E-state index in [9.17, 15) is 5.11 Å². The summed E-state index contributed by atoms with van der Waals surface area (Å²) >= 11 is 7.13. The Morgan fingerprint density at radius 1 is 0.791 bits per heavy atom. The van der Waals surface area contributed by atoms with E-state index in [1.807, 2.05) is 54.9 Å². The third kappa shape index (κ3) is 5.18. The Labute approximate surface area is 254 Å². The molecule has 3 aromatic carbocycles. The van der Waals surface area contributed by atoms with Crippen LogP contribution in [0.15, 0.2) is 110 Å². The lowest BCUT2D eigenvalue weighted by molar-refractivity contribution is 0.125. The van der Waals surface area contributed by atoms with E-state index in [4.69, 9.17) is 30.8 Å². The van der Waals surface area contributed by atoms with Crippen LogP contribution < -0.4 is 14.2 Å². The summed E-state index contributed by atoms with van der Waals surface area (Å²) in [6.07, 6.45) is 7.85. The Morgan fingerprint density at radius 2 is 1.51 bits per heavy atom. The fourth-order valence-electron chi connectivity index (χ4n) is 5.42. The maximum atomic E-state index is 12.5. The minimum absolute atomic E-state index is 0.460. The fourth-order valence-corrected chi connectivity index (χ4v) is 5.72. The van der Waals surface area contributed by atoms with Gasteiger partial charge in [0.05, 0.1) is 31.9 Å². The minimum Gasteiger partial charge on any atom is -0.493 e. The molecule has 0 aliphatic heterocycles. The fraction of sp³-hybridized carbons (Fsp3) is 0.143. The summed E-state index contributed by atoms with van der Waals surface area (Å²) in [4.78, 5) is 9.08. The molecule has 0 spiro atoms. The van der Waals surface area contributed by atoms with E-state index in [-0.39, 0.29) is 0 Å². The van der Waals surface area contributed by atoms with Gasteiger partial charge in [-0.25, -0.2) is 4.98 Å². The molecule has 0 bridgehead atoms. The van der Waals surface area contributed by atoms with E-state index >= 15 is 0 Å². The van der Waals surface area contributed by atoms with Crippen molar-refractivity contribution in [2.75, 3.05) is 21.3 Å². The van der Waals surface area contributed by atoms with Crippen LogP contribution >= 0.6 is 11.6 Å². The number of benzene rings is 3. The third-order valence-corrected chi connectivity index (χ3v) is 8.12. The Balaban J connectivity index is 1.47. The largest absolute Gasteiger partial charge is 0.493 e. The van der Waals surface area contributed by atoms with Gasteiger partial charge in [-0.2, -0.15) is 0 Å². The first-order valence-corrected chi connectivity index (χ1v) is 14.1. The molecular weight excluding hydrogens is 562 g/mol. The average Bonchev–Trinajstić information content (AvgIpc) is 3.61. The van der Waals surface area contributed by atoms with Crippen LogP contribution in [0.5, 0.6) is 17.4 Å². The van der Waals surface area contributed by atoms with Crippen LogP contribution in [-0.2, 0) is 12.0 Å². The Bertz CT molecular complexity index is 1880. The van der Waals surface area contributed by atoms with Crippen molar-refractivity contribution in [2.45, 2.75) is 12.0 Å². The summed E-state index contributed by atoms with van der Waals surface area (Å²) in [5.74, 6) is 1.52. The molecule has 3 heterocycles. The van der Waals surface area contributed by atoms with Gasteiger partial charge in [-0.1, -0.05) is 41.9 Å². The maximum absolute atomic E-state index is 12.5. The average molecular weight is 592 g/mol. The van der Waals surface area contributed by atoms with Crippen LogP contribution in [-0.4, -0.2) is 41.0 Å².